The highest BCUT2D eigenvalue weighted by molar-refractivity contribution is 5.90. The molecular formula is C11H9F3N4O3. The van der Waals surface area contributed by atoms with Crippen LogP contribution in [0, 0.1) is 0 Å². The lowest BCUT2D eigenvalue weighted by molar-refractivity contribution is -0.174. The molecule has 0 aliphatic carbocycles. The van der Waals surface area contributed by atoms with Gasteiger partial charge in [0.25, 0.3) is 0 Å². The van der Waals surface area contributed by atoms with Gasteiger partial charge in [0.05, 0.1) is 6.04 Å². The molecule has 0 heterocycles. The number of alkyl halides is 3. The number of carbonyl (C=O) groups excluding carboxylic acids is 2. The average Bonchev–Trinajstić information content (AvgIpc) is 2.39. The molecule has 0 saturated carbocycles. The number of carbonyl (C=O) groups is 2. The highest BCUT2D eigenvalue weighted by Crippen LogP contribution is 2.16. The highest BCUT2D eigenvalue weighted by atomic mass is 19.4. The lowest BCUT2D eigenvalue weighted by Crippen LogP contribution is -2.47. The number of halogens is 3. The van der Waals surface area contributed by atoms with Gasteiger partial charge in [-0.1, -0.05) is 12.1 Å². The standard InChI is InChI=1S/C11H9F3N4O3/c12-11(13,14)10(21)16-8(9(20)17-18-15)5-6-1-3-7(19)4-2-6/h1-4,8,19H,5H2,(H,16,21)/t8-/m0/s1. The Kier molecular flexibility index (Phi) is 5.14. The first-order valence-corrected chi connectivity index (χ1v) is 5.48. The Hall–Kier alpha value is -2.74. The van der Waals surface area contributed by atoms with Crippen molar-refractivity contribution in [3.05, 3.63) is 40.3 Å². The molecular weight excluding hydrogens is 293 g/mol. The molecule has 0 saturated heterocycles. The minimum atomic E-state index is -5.16. The predicted octanol–water partition coefficient (Wildman–Crippen LogP) is 1.82. The molecule has 2 amide bonds. The third-order valence-electron chi connectivity index (χ3n) is 2.38. The van der Waals surface area contributed by atoms with Crippen molar-refractivity contribution < 1.29 is 27.9 Å². The monoisotopic (exact) mass is 302 g/mol. The molecule has 112 valence electrons. The molecule has 0 spiro atoms. The molecule has 0 aliphatic heterocycles. The van der Waals surface area contributed by atoms with E-state index < -0.39 is 24.0 Å². The molecule has 0 fully saturated rings. The Bertz CT molecular complexity index is 579. The van der Waals surface area contributed by atoms with Crippen molar-refractivity contribution in [2.75, 3.05) is 0 Å². The summed E-state index contributed by atoms with van der Waals surface area (Å²) in [7, 11) is 0. The van der Waals surface area contributed by atoms with E-state index in [0.29, 0.717) is 5.56 Å². The molecule has 1 aromatic rings. The summed E-state index contributed by atoms with van der Waals surface area (Å²) in [4.78, 5) is 24.5. The van der Waals surface area contributed by atoms with Gasteiger partial charge in [-0.25, -0.2) is 0 Å². The number of azide groups is 1. The van der Waals surface area contributed by atoms with Crippen molar-refractivity contribution in [1.29, 1.82) is 0 Å². The van der Waals surface area contributed by atoms with E-state index in [9.17, 15) is 22.8 Å². The SMILES string of the molecule is [N-]=[N+]=NC(=O)[C@H](Cc1ccc(O)cc1)NC(=O)C(F)(F)F. The van der Waals surface area contributed by atoms with Gasteiger partial charge in [0.2, 0.25) is 5.91 Å². The Morgan fingerprint density at radius 1 is 1.33 bits per heavy atom. The molecule has 0 aliphatic rings. The number of hydrogen-bond donors (Lipinski definition) is 2. The summed E-state index contributed by atoms with van der Waals surface area (Å²) >= 11 is 0. The Morgan fingerprint density at radius 3 is 2.38 bits per heavy atom. The van der Waals surface area contributed by atoms with Crippen molar-refractivity contribution in [3.8, 4) is 5.75 Å². The minimum absolute atomic E-state index is 0.0731. The van der Waals surface area contributed by atoms with Crippen molar-refractivity contribution in [2.45, 2.75) is 18.6 Å². The Balaban J connectivity index is 2.92. The van der Waals surface area contributed by atoms with Gasteiger partial charge < -0.3 is 10.4 Å². The number of nitrogens with one attached hydrogen (secondary N) is 1. The minimum Gasteiger partial charge on any atom is -0.508 e. The molecule has 2 N–H and O–H groups in total. The van der Waals surface area contributed by atoms with Crippen molar-refractivity contribution in [3.63, 3.8) is 0 Å². The zero-order valence-electron chi connectivity index (χ0n) is 10.3. The van der Waals surface area contributed by atoms with Crippen LogP contribution in [0.15, 0.2) is 29.4 Å². The highest BCUT2D eigenvalue weighted by Gasteiger charge is 2.40. The van der Waals surface area contributed by atoms with Crippen molar-refractivity contribution in [2.24, 2.45) is 5.11 Å². The molecule has 1 aromatic carbocycles. The molecule has 1 atom stereocenters. The molecule has 0 bridgehead atoms. The smallest absolute Gasteiger partial charge is 0.471 e. The number of hydrogen-bond acceptors (Lipinski definition) is 3. The number of phenols is 1. The van der Waals surface area contributed by atoms with Crippen LogP contribution < -0.4 is 5.32 Å². The predicted molar refractivity (Wildman–Crippen MR) is 63.9 cm³/mol. The molecule has 1 rings (SSSR count). The molecule has 0 aromatic heterocycles. The molecule has 0 unspecified atom stereocenters. The van der Waals surface area contributed by atoms with Crippen molar-refractivity contribution >= 4 is 11.8 Å². The maximum absolute atomic E-state index is 12.2. The van der Waals surface area contributed by atoms with Crippen LogP contribution in [-0.4, -0.2) is 29.1 Å². The second-order valence-corrected chi connectivity index (χ2v) is 3.92. The van der Waals surface area contributed by atoms with Crippen LogP contribution in [-0.2, 0) is 16.0 Å². The quantitative estimate of drug-likeness (QED) is 0.502. The number of aromatic hydroxyl groups is 1. The molecule has 21 heavy (non-hydrogen) atoms. The summed E-state index contributed by atoms with van der Waals surface area (Å²) in [6.07, 6.45) is -5.48. The van der Waals surface area contributed by atoms with Crippen LogP contribution in [0.5, 0.6) is 5.75 Å². The summed E-state index contributed by atoms with van der Waals surface area (Å²) in [6, 6.07) is 3.57. The Morgan fingerprint density at radius 2 is 1.90 bits per heavy atom. The van der Waals surface area contributed by atoms with Gasteiger partial charge in [-0.3, -0.25) is 9.59 Å². The lowest BCUT2D eigenvalue weighted by Gasteiger charge is -2.16. The number of amides is 2. The van der Waals surface area contributed by atoms with Crippen LogP contribution in [0.2, 0.25) is 0 Å². The van der Waals surface area contributed by atoms with Gasteiger partial charge in [-0.2, -0.15) is 13.2 Å². The van der Waals surface area contributed by atoms with E-state index in [1.807, 2.05) is 0 Å². The first-order valence-electron chi connectivity index (χ1n) is 5.48. The van der Waals surface area contributed by atoms with E-state index in [0.717, 1.165) is 0 Å². The molecule has 10 heteroatoms. The van der Waals surface area contributed by atoms with E-state index in [1.54, 1.807) is 0 Å². The van der Waals surface area contributed by atoms with Crippen LogP contribution in [0.3, 0.4) is 0 Å². The van der Waals surface area contributed by atoms with Gasteiger partial charge in [0.1, 0.15) is 5.75 Å². The fourth-order valence-electron chi connectivity index (χ4n) is 1.42. The maximum Gasteiger partial charge on any atom is 0.471 e. The number of benzene rings is 1. The van der Waals surface area contributed by atoms with Crippen molar-refractivity contribution in [1.82, 2.24) is 5.32 Å². The topological polar surface area (TPSA) is 115 Å². The van der Waals surface area contributed by atoms with E-state index in [4.69, 9.17) is 10.6 Å². The second kappa shape index (κ2) is 6.62. The Labute approximate surface area is 116 Å². The van der Waals surface area contributed by atoms with Crippen LogP contribution in [0.1, 0.15) is 5.56 Å². The van der Waals surface area contributed by atoms with E-state index in [1.165, 1.54) is 29.6 Å². The summed E-state index contributed by atoms with van der Waals surface area (Å²) in [5, 5.41) is 13.2. The van der Waals surface area contributed by atoms with E-state index >= 15 is 0 Å². The fraction of sp³-hybridized carbons (Fsp3) is 0.273. The summed E-state index contributed by atoms with van der Waals surface area (Å²) in [5.41, 5.74) is 8.51. The normalized spacial score (nSPS) is 12.1. The number of rotatable bonds is 4. The zero-order valence-corrected chi connectivity index (χ0v) is 10.3. The first kappa shape index (κ1) is 16.3. The van der Waals surface area contributed by atoms with Gasteiger partial charge in [-0.05, 0) is 34.8 Å². The maximum atomic E-state index is 12.2. The third kappa shape index (κ3) is 5.03. The summed E-state index contributed by atoms with van der Waals surface area (Å²) in [5.74, 6) is -3.63. The second-order valence-electron chi connectivity index (χ2n) is 3.92. The van der Waals surface area contributed by atoms with Crippen LogP contribution in [0.25, 0.3) is 10.4 Å². The zero-order chi connectivity index (χ0) is 16.0. The van der Waals surface area contributed by atoms with Gasteiger partial charge in [-0.15, -0.1) is 0 Å². The fourth-order valence-corrected chi connectivity index (χ4v) is 1.42. The van der Waals surface area contributed by atoms with Gasteiger partial charge in [0.15, 0.2) is 0 Å². The van der Waals surface area contributed by atoms with E-state index in [-0.39, 0.29) is 12.2 Å². The molecule has 0 radical (unpaired) electrons. The lowest BCUT2D eigenvalue weighted by atomic mass is 10.1. The largest absolute Gasteiger partial charge is 0.508 e. The van der Waals surface area contributed by atoms with Crippen LogP contribution in [0.4, 0.5) is 13.2 Å². The first-order chi connectivity index (χ1) is 9.74. The molecule has 7 nitrogen and oxygen atoms in total. The van der Waals surface area contributed by atoms with Gasteiger partial charge >= 0.3 is 12.1 Å². The average molecular weight is 302 g/mol. The summed E-state index contributed by atoms with van der Waals surface area (Å²) in [6.45, 7) is 0. The van der Waals surface area contributed by atoms with Gasteiger partial charge in [0, 0.05) is 4.91 Å². The number of nitrogens with zero attached hydrogens (tertiary/aromatic N) is 3. The number of phenolic OH excluding ortho intramolecular Hbond substituents is 1. The third-order valence-corrected chi connectivity index (χ3v) is 2.38. The summed E-state index contributed by atoms with van der Waals surface area (Å²) < 4.78 is 36.6. The van der Waals surface area contributed by atoms with Crippen LogP contribution >= 0.6 is 0 Å². The van der Waals surface area contributed by atoms with E-state index in [2.05, 4.69) is 10.0 Å².